The van der Waals surface area contributed by atoms with E-state index in [2.05, 4.69) is 15.2 Å². The summed E-state index contributed by atoms with van der Waals surface area (Å²) in [6, 6.07) is 4.91. The summed E-state index contributed by atoms with van der Waals surface area (Å²) < 4.78 is 26.7. The zero-order valence-electron chi connectivity index (χ0n) is 17.8. The number of carbonyl (C=O) groups excluding carboxylic acids is 1. The summed E-state index contributed by atoms with van der Waals surface area (Å²) >= 11 is 0. The minimum absolute atomic E-state index is 0.121. The molecule has 1 saturated heterocycles. The fraction of sp³-hybridized carbons (Fsp3) is 0.524. The van der Waals surface area contributed by atoms with Gasteiger partial charge in [0.1, 0.15) is 16.9 Å². The van der Waals surface area contributed by atoms with E-state index in [-0.39, 0.29) is 29.7 Å². The summed E-state index contributed by atoms with van der Waals surface area (Å²) in [5, 5.41) is 9.28. The van der Waals surface area contributed by atoms with E-state index in [1.165, 1.54) is 10.7 Å². The third-order valence-electron chi connectivity index (χ3n) is 4.95. The van der Waals surface area contributed by atoms with Gasteiger partial charge < -0.3 is 14.2 Å². The number of benzene rings is 1. The number of para-hydroxylation sites is 1. The highest BCUT2D eigenvalue weighted by atomic mass is 19.1. The molecule has 30 heavy (non-hydrogen) atoms. The van der Waals surface area contributed by atoms with E-state index in [1.54, 1.807) is 11.0 Å². The molecule has 0 bridgehead atoms. The average molecular weight is 415 g/mol. The molecule has 160 valence electrons. The van der Waals surface area contributed by atoms with Crippen LogP contribution < -0.4 is 0 Å². The molecule has 8 nitrogen and oxygen atoms in total. The average Bonchev–Trinajstić information content (AvgIpc) is 3.21. The van der Waals surface area contributed by atoms with Gasteiger partial charge >= 0.3 is 6.09 Å². The van der Waals surface area contributed by atoms with E-state index in [4.69, 9.17) is 9.26 Å². The third-order valence-corrected chi connectivity index (χ3v) is 4.95. The number of rotatable bonds is 4. The van der Waals surface area contributed by atoms with E-state index >= 15 is 0 Å². The molecule has 1 aliphatic heterocycles. The van der Waals surface area contributed by atoms with Crippen LogP contribution in [0.25, 0.3) is 16.9 Å². The lowest BCUT2D eigenvalue weighted by Crippen LogP contribution is -2.52. The Labute approximate surface area is 174 Å². The number of halogens is 1. The van der Waals surface area contributed by atoms with Crippen LogP contribution in [0.4, 0.5) is 9.18 Å². The molecular formula is C21H26FN5O3. The Morgan fingerprint density at radius 3 is 2.73 bits per heavy atom. The fourth-order valence-corrected chi connectivity index (χ4v) is 3.56. The molecule has 1 amide bonds. The van der Waals surface area contributed by atoms with E-state index in [0.29, 0.717) is 30.9 Å². The Kier molecular flexibility index (Phi) is 4.99. The molecule has 2 aromatic heterocycles. The van der Waals surface area contributed by atoms with E-state index in [0.717, 1.165) is 11.1 Å². The van der Waals surface area contributed by atoms with E-state index < -0.39 is 5.60 Å². The van der Waals surface area contributed by atoms with Crippen molar-refractivity contribution < 1.29 is 18.4 Å². The number of hydrogen-bond donors (Lipinski definition) is 0. The molecule has 0 spiro atoms. The summed E-state index contributed by atoms with van der Waals surface area (Å²) in [5.41, 5.74) is 0.608. The predicted molar refractivity (Wildman–Crippen MR) is 108 cm³/mol. The van der Waals surface area contributed by atoms with Gasteiger partial charge in [0.15, 0.2) is 0 Å². The van der Waals surface area contributed by atoms with Gasteiger partial charge in [0, 0.05) is 30.8 Å². The Balaban J connectivity index is 1.48. The molecule has 1 fully saturated rings. The zero-order valence-corrected chi connectivity index (χ0v) is 17.8. The van der Waals surface area contributed by atoms with Crippen LogP contribution in [0.5, 0.6) is 0 Å². The molecule has 3 aromatic rings. The summed E-state index contributed by atoms with van der Waals surface area (Å²) in [6.45, 7) is 10.7. The molecule has 0 aliphatic carbocycles. The van der Waals surface area contributed by atoms with Gasteiger partial charge in [0.05, 0.1) is 5.69 Å². The summed E-state index contributed by atoms with van der Waals surface area (Å²) in [6.07, 6.45) is 0.218. The number of aromatic nitrogens is 4. The first-order valence-electron chi connectivity index (χ1n) is 10.1. The van der Waals surface area contributed by atoms with Gasteiger partial charge in [-0.25, -0.2) is 9.18 Å². The van der Waals surface area contributed by atoms with Crippen molar-refractivity contribution in [1.82, 2.24) is 24.8 Å². The van der Waals surface area contributed by atoms with Crippen LogP contribution >= 0.6 is 0 Å². The quantitative estimate of drug-likeness (QED) is 0.638. The SMILES string of the molecule is CC(C)c1nn(-c2noc(CC3CN(C(=O)OC(C)(C)C)C3)n2)c2c(F)cccc12. The maximum absolute atomic E-state index is 14.5. The second-order valence-electron chi connectivity index (χ2n) is 9.03. The van der Waals surface area contributed by atoms with Crippen LogP contribution in [-0.2, 0) is 11.2 Å². The molecule has 4 rings (SSSR count). The number of hydrogen-bond acceptors (Lipinski definition) is 6. The van der Waals surface area contributed by atoms with Gasteiger partial charge in [-0.3, -0.25) is 0 Å². The maximum atomic E-state index is 14.5. The van der Waals surface area contributed by atoms with Gasteiger partial charge in [0.25, 0.3) is 5.95 Å². The number of fused-ring (bicyclic) bond motifs is 1. The number of carbonyl (C=O) groups is 1. The van der Waals surface area contributed by atoms with Crippen molar-refractivity contribution in [1.29, 1.82) is 0 Å². The van der Waals surface area contributed by atoms with E-state index in [1.807, 2.05) is 40.7 Å². The van der Waals surface area contributed by atoms with Crippen LogP contribution in [0, 0.1) is 11.7 Å². The smallest absolute Gasteiger partial charge is 0.410 e. The number of nitrogens with zero attached hydrogens (tertiary/aromatic N) is 5. The lowest BCUT2D eigenvalue weighted by Gasteiger charge is -2.39. The first kappa shape index (κ1) is 20.3. The molecule has 1 aromatic carbocycles. The van der Waals surface area contributed by atoms with Crippen molar-refractivity contribution in [2.24, 2.45) is 5.92 Å². The normalized spacial score (nSPS) is 15.1. The van der Waals surface area contributed by atoms with E-state index in [9.17, 15) is 9.18 Å². The summed E-state index contributed by atoms with van der Waals surface area (Å²) in [4.78, 5) is 18.1. The van der Waals surface area contributed by atoms with Crippen molar-refractivity contribution in [3.63, 3.8) is 0 Å². The number of ether oxygens (including phenoxy) is 1. The van der Waals surface area contributed by atoms with Gasteiger partial charge in [-0.05, 0) is 37.9 Å². The highest BCUT2D eigenvalue weighted by Crippen LogP contribution is 2.29. The summed E-state index contributed by atoms with van der Waals surface area (Å²) in [5.74, 6) is 0.587. The van der Waals surface area contributed by atoms with Gasteiger partial charge in [-0.2, -0.15) is 14.8 Å². The minimum atomic E-state index is -0.514. The largest absolute Gasteiger partial charge is 0.444 e. The van der Waals surface area contributed by atoms with Crippen LogP contribution in [0.15, 0.2) is 22.7 Å². The number of likely N-dealkylation sites (tertiary alicyclic amines) is 1. The van der Waals surface area contributed by atoms with Gasteiger partial charge in [-0.15, -0.1) is 0 Å². The topological polar surface area (TPSA) is 86.3 Å². The highest BCUT2D eigenvalue weighted by Gasteiger charge is 2.35. The zero-order chi connectivity index (χ0) is 21.6. The number of amides is 1. The van der Waals surface area contributed by atoms with Crippen molar-refractivity contribution in [3.05, 3.63) is 35.6 Å². The van der Waals surface area contributed by atoms with Crippen molar-refractivity contribution >= 4 is 17.0 Å². The molecule has 3 heterocycles. The van der Waals surface area contributed by atoms with Gasteiger partial charge in [0.2, 0.25) is 5.89 Å². The Bertz CT molecular complexity index is 1080. The molecule has 0 atom stereocenters. The fourth-order valence-electron chi connectivity index (χ4n) is 3.56. The molecular weight excluding hydrogens is 389 g/mol. The lowest BCUT2D eigenvalue weighted by atomic mass is 9.97. The molecule has 9 heteroatoms. The highest BCUT2D eigenvalue weighted by molar-refractivity contribution is 5.84. The molecule has 0 radical (unpaired) electrons. The van der Waals surface area contributed by atoms with Crippen molar-refractivity contribution in [3.8, 4) is 5.95 Å². The molecule has 1 aliphatic rings. The van der Waals surface area contributed by atoms with Crippen molar-refractivity contribution in [2.45, 2.75) is 52.6 Å². The second kappa shape index (κ2) is 7.37. The second-order valence-corrected chi connectivity index (χ2v) is 9.03. The molecule has 0 saturated carbocycles. The molecule has 0 N–H and O–H groups in total. The summed E-state index contributed by atoms with van der Waals surface area (Å²) in [7, 11) is 0. The van der Waals surface area contributed by atoms with Crippen LogP contribution in [0.2, 0.25) is 0 Å². The van der Waals surface area contributed by atoms with Crippen LogP contribution in [-0.4, -0.2) is 49.6 Å². The van der Waals surface area contributed by atoms with Crippen LogP contribution in [0.1, 0.15) is 52.1 Å². The third kappa shape index (κ3) is 3.88. The first-order chi connectivity index (χ1) is 14.1. The molecule has 0 unspecified atom stereocenters. The van der Waals surface area contributed by atoms with Crippen LogP contribution in [0.3, 0.4) is 0 Å². The van der Waals surface area contributed by atoms with Gasteiger partial charge in [-0.1, -0.05) is 26.0 Å². The standard InChI is InChI=1S/C21H26FN5O3/c1-12(2)17-14-7-6-8-15(22)18(14)27(24-17)19-23-16(30-25-19)9-13-10-26(11-13)20(28)29-21(3,4)5/h6-8,12-13H,9-11H2,1-5H3. The lowest BCUT2D eigenvalue weighted by molar-refractivity contribution is -0.00187. The Hall–Kier alpha value is -2.97. The Morgan fingerprint density at radius 2 is 2.07 bits per heavy atom. The van der Waals surface area contributed by atoms with Crippen molar-refractivity contribution in [2.75, 3.05) is 13.1 Å². The monoisotopic (exact) mass is 415 g/mol. The minimum Gasteiger partial charge on any atom is -0.444 e. The predicted octanol–water partition coefficient (Wildman–Crippen LogP) is 4.08. The maximum Gasteiger partial charge on any atom is 0.410 e. The Morgan fingerprint density at radius 1 is 1.33 bits per heavy atom. The first-order valence-corrected chi connectivity index (χ1v) is 10.1.